The van der Waals surface area contributed by atoms with Crippen molar-refractivity contribution in [2.45, 2.75) is 13.0 Å². The predicted molar refractivity (Wildman–Crippen MR) is 130 cm³/mol. The Balaban J connectivity index is 1.47. The first-order valence-electron chi connectivity index (χ1n) is 10.7. The SMILES string of the molecule is O=C(C=Cc1cn(Cc2ccccc2Cl)nc1-c1ccccc1)NCCN1CCCS1(=O)=O. The Labute approximate surface area is 198 Å². The standard InChI is InChI=1S/C24H25ClN4O3S/c25-22-10-5-4-9-20(22)17-28-18-21(24(27-28)19-7-2-1-3-8-19)11-12-23(30)26-13-15-29-14-6-16-33(29,31)32/h1-5,7-12,18H,6,13-17H2,(H,26,30). The van der Waals surface area contributed by atoms with E-state index in [0.29, 0.717) is 24.5 Å². The highest BCUT2D eigenvalue weighted by molar-refractivity contribution is 7.89. The van der Waals surface area contributed by atoms with Crippen LogP contribution in [-0.4, -0.2) is 53.8 Å². The number of hydrogen-bond donors (Lipinski definition) is 1. The van der Waals surface area contributed by atoms with Gasteiger partial charge in [0.1, 0.15) is 0 Å². The molecule has 3 aromatic rings. The van der Waals surface area contributed by atoms with Gasteiger partial charge in [0.15, 0.2) is 0 Å². The number of nitrogens with one attached hydrogen (secondary N) is 1. The number of sulfonamides is 1. The first-order chi connectivity index (χ1) is 15.9. The van der Waals surface area contributed by atoms with Crippen LogP contribution in [-0.2, 0) is 21.4 Å². The number of hydrogen-bond acceptors (Lipinski definition) is 4. The Morgan fingerprint density at radius 3 is 2.61 bits per heavy atom. The van der Waals surface area contributed by atoms with Gasteiger partial charge in [0, 0.05) is 48.1 Å². The van der Waals surface area contributed by atoms with E-state index in [1.807, 2.05) is 60.8 Å². The fourth-order valence-electron chi connectivity index (χ4n) is 3.73. The summed E-state index contributed by atoms with van der Waals surface area (Å²) in [6.07, 6.45) is 5.69. The molecule has 0 saturated carbocycles. The second-order valence-electron chi connectivity index (χ2n) is 7.78. The zero-order valence-electron chi connectivity index (χ0n) is 18.0. The molecule has 33 heavy (non-hydrogen) atoms. The van der Waals surface area contributed by atoms with Crippen LogP contribution in [0.2, 0.25) is 5.02 Å². The molecule has 4 rings (SSSR count). The molecule has 1 aromatic heterocycles. The van der Waals surface area contributed by atoms with Crippen LogP contribution in [0.15, 0.2) is 66.9 Å². The quantitative estimate of drug-likeness (QED) is 0.496. The molecule has 1 saturated heterocycles. The average Bonchev–Trinajstić information content (AvgIpc) is 3.36. The molecule has 0 unspecified atom stereocenters. The minimum atomic E-state index is -3.16. The van der Waals surface area contributed by atoms with Gasteiger partial charge in [-0.05, 0) is 24.1 Å². The highest BCUT2D eigenvalue weighted by Crippen LogP contribution is 2.24. The zero-order valence-corrected chi connectivity index (χ0v) is 19.6. The van der Waals surface area contributed by atoms with Gasteiger partial charge in [-0.1, -0.05) is 60.1 Å². The van der Waals surface area contributed by atoms with Gasteiger partial charge in [-0.15, -0.1) is 0 Å². The van der Waals surface area contributed by atoms with Gasteiger partial charge in [0.2, 0.25) is 15.9 Å². The van der Waals surface area contributed by atoms with E-state index in [0.717, 1.165) is 22.4 Å². The molecule has 0 bridgehead atoms. The first kappa shape index (κ1) is 23.2. The van der Waals surface area contributed by atoms with Crippen LogP contribution in [0, 0.1) is 0 Å². The lowest BCUT2D eigenvalue weighted by atomic mass is 10.1. The van der Waals surface area contributed by atoms with Crippen LogP contribution in [0.1, 0.15) is 17.5 Å². The lowest BCUT2D eigenvalue weighted by Crippen LogP contribution is -2.35. The van der Waals surface area contributed by atoms with E-state index in [9.17, 15) is 13.2 Å². The molecule has 2 aromatic carbocycles. The summed E-state index contributed by atoms with van der Waals surface area (Å²) in [7, 11) is -3.16. The van der Waals surface area contributed by atoms with Crippen molar-refractivity contribution in [1.29, 1.82) is 0 Å². The summed E-state index contributed by atoms with van der Waals surface area (Å²) in [6.45, 7) is 1.57. The predicted octanol–water partition coefficient (Wildman–Crippen LogP) is 3.42. The van der Waals surface area contributed by atoms with Gasteiger partial charge in [0.25, 0.3) is 0 Å². The molecule has 0 atom stereocenters. The first-order valence-corrected chi connectivity index (χ1v) is 12.7. The number of amides is 1. The van der Waals surface area contributed by atoms with Gasteiger partial charge in [-0.3, -0.25) is 9.48 Å². The lowest BCUT2D eigenvalue weighted by Gasteiger charge is -2.13. The number of carbonyl (C=O) groups excluding carboxylic acids is 1. The number of benzene rings is 2. The number of carbonyl (C=O) groups is 1. The van der Waals surface area contributed by atoms with Crippen molar-refractivity contribution >= 4 is 33.6 Å². The summed E-state index contributed by atoms with van der Waals surface area (Å²) in [5, 5.41) is 8.15. The van der Waals surface area contributed by atoms with Crippen molar-refractivity contribution in [2.75, 3.05) is 25.4 Å². The van der Waals surface area contributed by atoms with Crippen LogP contribution >= 0.6 is 11.6 Å². The van der Waals surface area contributed by atoms with E-state index in [-0.39, 0.29) is 24.7 Å². The van der Waals surface area contributed by atoms with E-state index in [2.05, 4.69) is 5.32 Å². The van der Waals surface area contributed by atoms with Crippen LogP contribution in [0.25, 0.3) is 17.3 Å². The summed E-state index contributed by atoms with van der Waals surface area (Å²) >= 11 is 6.30. The maximum Gasteiger partial charge on any atom is 0.244 e. The summed E-state index contributed by atoms with van der Waals surface area (Å²) in [5.74, 6) is -0.106. The number of rotatable bonds is 8. The Kier molecular flexibility index (Phi) is 7.27. The molecule has 1 aliphatic rings. The molecule has 0 radical (unpaired) electrons. The van der Waals surface area contributed by atoms with Crippen LogP contribution in [0.5, 0.6) is 0 Å². The molecule has 9 heteroatoms. The van der Waals surface area contributed by atoms with E-state index in [1.165, 1.54) is 10.4 Å². The topological polar surface area (TPSA) is 84.3 Å². The van der Waals surface area contributed by atoms with Crippen molar-refractivity contribution < 1.29 is 13.2 Å². The van der Waals surface area contributed by atoms with Gasteiger partial charge in [-0.25, -0.2) is 12.7 Å². The highest BCUT2D eigenvalue weighted by atomic mass is 35.5. The third-order valence-electron chi connectivity index (χ3n) is 5.41. The van der Waals surface area contributed by atoms with Gasteiger partial charge < -0.3 is 5.32 Å². The Hall–Kier alpha value is -2.94. The lowest BCUT2D eigenvalue weighted by molar-refractivity contribution is -0.116. The smallest absolute Gasteiger partial charge is 0.244 e. The van der Waals surface area contributed by atoms with Crippen LogP contribution < -0.4 is 5.32 Å². The largest absolute Gasteiger partial charge is 0.351 e. The molecular formula is C24H25ClN4O3S. The van der Waals surface area contributed by atoms with E-state index < -0.39 is 10.0 Å². The maximum atomic E-state index is 12.3. The summed E-state index contributed by atoms with van der Waals surface area (Å²) in [5.41, 5.74) is 3.45. The number of nitrogens with zero attached hydrogens (tertiary/aromatic N) is 3. The summed E-state index contributed by atoms with van der Waals surface area (Å²) < 4.78 is 26.9. The van der Waals surface area contributed by atoms with Crippen molar-refractivity contribution in [2.24, 2.45) is 0 Å². The fourth-order valence-corrected chi connectivity index (χ4v) is 5.46. The average molecular weight is 485 g/mol. The third-order valence-corrected chi connectivity index (χ3v) is 7.73. The fraction of sp³-hybridized carbons (Fsp3) is 0.250. The second kappa shape index (κ2) is 10.3. The second-order valence-corrected chi connectivity index (χ2v) is 10.3. The molecule has 0 aliphatic carbocycles. The minimum Gasteiger partial charge on any atom is -0.351 e. The molecule has 7 nitrogen and oxygen atoms in total. The van der Waals surface area contributed by atoms with E-state index in [4.69, 9.17) is 16.7 Å². The summed E-state index contributed by atoms with van der Waals surface area (Å²) in [6, 6.07) is 17.4. The van der Waals surface area contributed by atoms with Crippen molar-refractivity contribution in [1.82, 2.24) is 19.4 Å². The zero-order chi connectivity index (χ0) is 23.3. The van der Waals surface area contributed by atoms with E-state index in [1.54, 1.807) is 10.8 Å². The van der Waals surface area contributed by atoms with Crippen LogP contribution in [0.4, 0.5) is 0 Å². The Morgan fingerprint density at radius 1 is 1.12 bits per heavy atom. The molecule has 2 heterocycles. The van der Waals surface area contributed by atoms with E-state index >= 15 is 0 Å². The normalized spacial score (nSPS) is 15.8. The van der Waals surface area contributed by atoms with Crippen LogP contribution in [0.3, 0.4) is 0 Å². The number of aromatic nitrogens is 2. The maximum absolute atomic E-state index is 12.3. The van der Waals surface area contributed by atoms with Crippen molar-refractivity contribution in [3.05, 3.63) is 83.0 Å². The Bertz CT molecular complexity index is 1260. The third kappa shape index (κ3) is 5.90. The molecule has 1 aliphatic heterocycles. The number of halogens is 1. The minimum absolute atomic E-state index is 0.182. The molecule has 172 valence electrons. The monoisotopic (exact) mass is 484 g/mol. The van der Waals surface area contributed by atoms with Crippen molar-refractivity contribution in [3.63, 3.8) is 0 Å². The van der Waals surface area contributed by atoms with Gasteiger partial charge in [-0.2, -0.15) is 5.10 Å². The molecule has 0 spiro atoms. The molecule has 1 N–H and O–H groups in total. The highest BCUT2D eigenvalue weighted by Gasteiger charge is 2.27. The molecule has 1 amide bonds. The van der Waals surface area contributed by atoms with Crippen molar-refractivity contribution in [3.8, 4) is 11.3 Å². The molecular weight excluding hydrogens is 460 g/mol. The van der Waals surface area contributed by atoms with Gasteiger partial charge >= 0.3 is 0 Å². The summed E-state index contributed by atoms with van der Waals surface area (Å²) in [4.78, 5) is 12.3. The van der Waals surface area contributed by atoms with Gasteiger partial charge in [0.05, 0.1) is 18.0 Å². The molecule has 1 fully saturated rings. The Morgan fingerprint density at radius 2 is 1.88 bits per heavy atom.